The topological polar surface area (TPSA) is 39.4 Å². The van der Waals surface area contributed by atoms with Crippen molar-refractivity contribution in [3.63, 3.8) is 0 Å². The second-order valence-corrected chi connectivity index (χ2v) is 4.40. The van der Waals surface area contributed by atoms with E-state index in [4.69, 9.17) is 4.74 Å². The molecule has 0 atom stereocenters. The lowest BCUT2D eigenvalue weighted by Gasteiger charge is -2.02. The molecule has 3 rings (SSSR count). The van der Waals surface area contributed by atoms with Crippen LogP contribution in [-0.4, -0.2) is 21.2 Å². The maximum Gasteiger partial charge on any atom is 0.182 e. The molecule has 0 aliphatic carbocycles. The Labute approximate surface area is 111 Å². The van der Waals surface area contributed by atoms with Gasteiger partial charge in [0.15, 0.2) is 11.5 Å². The summed E-state index contributed by atoms with van der Waals surface area (Å²) in [6.07, 6.45) is 1.93. The van der Waals surface area contributed by atoms with Gasteiger partial charge in [0.2, 0.25) is 0 Å². The molecule has 19 heavy (non-hydrogen) atoms. The average Bonchev–Trinajstić information content (AvgIpc) is 2.83. The van der Waals surface area contributed by atoms with Crippen LogP contribution in [0.3, 0.4) is 0 Å². The minimum absolute atomic E-state index is 0.672. The molecular weight excluding hydrogens is 238 g/mol. The van der Waals surface area contributed by atoms with Gasteiger partial charge in [-0.2, -0.15) is 0 Å². The van der Waals surface area contributed by atoms with E-state index in [9.17, 15) is 0 Å². The molecule has 0 saturated heterocycles. The van der Waals surface area contributed by atoms with Crippen molar-refractivity contribution in [1.82, 2.24) is 14.6 Å². The third-order valence-corrected chi connectivity index (χ3v) is 2.92. The lowest BCUT2D eigenvalue weighted by molar-refractivity contribution is 0.340. The van der Waals surface area contributed by atoms with Gasteiger partial charge in [0.05, 0.1) is 6.61 Å². The number of hydrogen-bond acceptors (Lipinski definition) is 3. The summed E-state index contributed by atoms with van der Waals surface area (Å²) < 4.78 is 7.22. The van der Waals surface area contributed by atoms with Crippen LogP contribution in [0.5, 0.6) is 5.75 Å². The molecule has 0 radical (unpaired) electrons. The summed E-state index contributed by atoms with van der Waals surface area (Å²) in [5.74, 6) is 1.60. The lowest BCUT2D eigenvalue weighted by atomic mass is 10.2. The molecule has 0 aliphatic heterocycles. The van der Waals surface area contributed by atoms with Crippen molar-refractivity contribution in [1.29, 1.82) is 0 Å². The van der Waals surface area contributed by atoms with E-state index in [0.29, 0.717) is 6.61 Å². The number of fused-ring (bicyclic) bond motifs is 1. The van der Waals surface area contributed by atoms with Gasteiger partial charge in [0.1, 0.15) is 5.75 Å². The molecule has 2 aromatic heterocycles. The Hall–Kier alpha value is -2.36. The Bertz CT molecular complexity index is 701. The molecule has 3 aromatic rings. The summed E-state index contributed by atoms with van der Waals surface area (Å²) in [7, 11) is 0. The van der Waals surface area contributed by atoms with Crippen LogP contribution < -0.4 is 4.74 Å². The standard InChI is InChI=1S/C15H15N3O/c1-3-19-13-6-4-12(5-7-13)15-16-14-10-11(2)8-9-18(14)17-15/h4-10H,3H2,1-2H3. The van der Waals surface area contributed by atoms with Gasteiger partial charge in [-0.25, -0.2) is 9.50 Å². The molecule has 2 heterocycles. The quantitative estimate of drug-likeness (QED) is 0.720. The molecule has 1 aromatic carbocycles. The van der Waals surface area contributed by atoms with Crippen LogP contribution in [0.2, 0.25) is 0 Å². The first kappa shape index (κ1) is 11.7. The maximum absolute atomic E-state index is 5.43. The van der Waals surface area contributed by atoms with E-state index in [2.05, 4.69) is 10.1 Å². The van der Waals surface area contributed by atoms with Gasteiger partial charge in [-0.15, -0.1) is 5.10 Å². The Morgan fingerprint density at radius 1 is 1.16 bits per heavy atom. The van der Waals surface area contributed by atoms with Crippen molar-refractivity contribution in [3.8, 4) is 17.1 Å². The Balaban J connectivity index is 1.99. The van der Waals surface area contributed by atoms with Crippen LogP contribution in [0, 0.1) is 6.92 Å². The molecule has 96 valence electrons. The fourth-order valence-corrected chi connectivity index (χ4v) is 1.97. The summed E-state index contributed by atoms with van der Waals surface area (Å²) in [6, 6.07) is 11.9. The number of aryl methyl sites for hydroxylation is 1. The Morgan fingerprint density at radius 3 is 2.68 bits per heavy atom. The third-order valence-electron chi connectivity index (χ3n) is 2.92. The molecule has 0 spiro atoms. The molecule has 0 fully saturated rings. The number of pyridine rings is 1. The van der Waals surface area contributed by atoms with E-state index >= 15 is 0 Å². The molecule has 0 saturated carbocycles. The van der Waals surface area contributed by atoms with E-state index < -0.39 is 0 Å². The number of ether oxygens (including phenoxy) is 1. The minimum atomic E-state index is 0.672. The van der Waals surface area contributed by atoms with E-state index in [-0.39, 0.29) is 0 Å². The summed E-state index contributed by atoms with van der Waals surface area (Å²) >= 11 is 0. The highest BCUT2D eigenvalue weighted by molar-refractivity contribution is 5.59. The van der Waals surface area contributed by atoms with E-state index in [0.717, 1.165) is 22.8 Å². The van der Waals surface area contributed by atoms with Gasteiger partial charge in [-0.1, -0.05) is 0 Å². The predicted molar refractivity (Wildman–Crippen MR) is 74.3 cm³/mol. The predicted octanol–water partition coefficient (Wildman–Crippen LogP) is 3.10. The molecular formula is C15H15N3O. The van der Waals surface area contributed by atoms with Crippen molar-refractivity contribution in [2.75, 3.05) is 6.61 Å². The van der Waals surface area contributed by atoms with Crippen molar-refractivity contribution in [2.45, 2.75) is 13.8 Å². The zero-order chi connectivity index (χ0) is 13.2. The lowest BCUT2D eigenvalue weighted by Crippen LogP contribution is -1.91. The highest BCUT2D eigenvalue weighted by atomic mass is 16.5. The van der Waals surface area contributed by atoms with Crippen molar-refractivity contribution in [2.24, 2.45) is 0 Å². The van der Waals surface area contributed by atoms with Crippen molar-refractivity contribution < 1.29 is 4.74 Å². The van der Waals surface area contributed by atoms with Crippen molar-refractivity contribution >= 4 is 5.65 Å². The molecule has 0 amide bonds. The average molecular weight is 253 g/mol. The number of nitrogens with zero attached hydrogens (tertiary/aromatic N) is 3. The molecule has 0 N–H and O–H groups in total. The normalized spacial score (nSPS) is 10.8. The van der Waals surface area contributed by atoms with Crippen LogP contribution >= 0.6 is 0 Å². The van der Waals surface area contributed by atoms with E-state index in [1.807, 2.05) is 56.4 Å². The van der Waals surface area contributed by atoms with Gasteiger partial charge in [-0.05, 0) is 55.8 Å². The number of benzene rings is 1. The highest BCUT2D eigenvalue weighted by Gasteiger charge is 2.06. The maximum atomic E-state index is 5.43. The second kappa shape index (κ2) is 4.72. The summed E-state index contributed by atoms with van der Waals surface area (Å²) in [6.45, 7) is 4.69. The Morgan fingerprint density at radius 2 is 1.95 bits per heavy atom. The molecule has 4 heteroatoms. The largest absolute Gasteiger partial charge is 0.494 e. The van der Waals surface area contributed by atoms with Crippen LogP contribution in [0.1, 0.15) is 12.5 Å². The fourth-order valence-electron chi connectivity index (χ4n) is 1.97. The summed E-state index contributed by atoms with van der Waals surface area (Å²) in [4.78, 5) is 4.53. The first-order chi connectivity index (χ1) is 9.26. The van der Waals surface area contributed by atoms with Crippen LogP contribution in [-0.2, 0) is 0 Å². The fraction of sp³-hybridized carbons (Fsp3) is 0.200. The van der Waals surface area contributed by atoms with Crippen LogP contribution in [0.15, 0.2) is 42.6 Å². The van der Waals surface area contributed by atoms with Crippen LogP contribution in [0.4, 0.5) is 0 Å². The molecule has 0 unspecified atom stereocenters. The number of aromatic nitrogens is 3. The summed E-state index contributed by atoms with van der Waals surface area (Å²) in [5.41, 5.74) is 3.03. The van der Waals surface area contributed by atoms with E-state index in [1.165, 1.54) is 5.56 Å². The van der Waals surface area contributed by atoms with Gasteiger partial charge in [-0.3, -0.25) is 0 Å². The van der Waals surface area contributed by atoms with Gasteiger partial charge >= 0.3 is 0 Å². The first-order valence-corrected chi connectivity index (χ1v) is 6.32. The monoisotopic (exact) mass is 253 g/mol. The zero-order valence-corrected chi connectivity index (χ0v) is 11.0. The SMILES string of the molecule is CCOc1ccc(-c2nc3cc(C)ccn3n2)cc1. The van der Waals surface area contributed by atoms with E-state index in [1.54, 1.807) is 4.52 Å². The first-order valence-electron chi connectivity index (χ1n) is 6.32. The van der Waals surface area contributed by atoms with Gasteiger partial charge < -0.3 is 4.74 Å². The molecule has 0 bridgehead atoms. The van der Waals surface area contributed by atoms with Gasteiger partial charge in [0, 0.05) is 11.8 Å². The summed E-state index contributed by atoms with van der Waals surface area (Å²) in [5, 5.41) is 4.46. The molecule has 4 nitrogen and oxygen atoms in total. The van der Waals surface area contributed by atoms with Crippen molar-refractivity contribution in [3.05, 3.63) is 48.2 Å². The Kier molecular flexibility index (Phi) is 2.91. The number of hydrogen-bond donors (Lipinski definition) is 0. The number of rotatable bonds is 3. The van der Waals surface area contributed by atoms with Crippen LogP contribution in [0.25, 0.3) is 17.0 Å². The molecule has 0 aliphatic rings. The third kappa shape index (κ3) is 2.29. The minimum Gasteiger partial charge on any atom is -0.494 e. The second-order valence-electron chi connectivity index (χ2n) is 4.40. The highest BCUT2D eigenvalue weighted by Crippen LogP contribution is 2.20. The van der Waals surface area contributed by atoms with Gasteiger partial charge in [0.25, 0.3) is 0 Å². The zero-order valence-electron chi connectivity index (χ0n) is 11.0. The smallest absolute Gasteiger partial charge is 0.182 e.